The average Bonchev–Trinajstić information content (AvgIpc) is 2.64. The number of para-hydroxylation sites is 1. The summed E-state index contributed by atoms with van der Waals surface area (Å²) in [6, 6.07) is 14.6. The van der Waals surface area contributed by atoms with Crippen LogP contribution in [0.1, 0.15) is 12.0 Å². The van der Waals surface area contributed by atoms with Crippen molar-refractivity contribution in [2.75, 3.05) is 37.7 Å². The van der Waals surface area contributed by atoms with E-state index in [-0.39, 0.29) is 11.7 Å². The van der Waals surface area contributed by atoms with Gasteiger partial charge in [-0.3, -0.25) is 4.79 Å². The number of aryl methyl sites for hydroxylation is 1. The van der Waals surface area contributed by atoms with E-state index >= 15 is 0 Å². The van der Waals surface area contributed by atoms with Crippen LogP contribution in [0.4, 0.5) is 10.1 Å². The monoisotopic (exact) mass is 342 g/mol. The summed E-state index contributed by atoms with van der Waals surface area (Å²) in [4.78, 5) is 16.1. The van der Waals surface area contributed by atoms with Crippen LogP contribution in [-0.4, -0.2) is 43.6 Å². The highest BCUT2D eigenvalue weighted by Gasteiger charge is 2.22. The molecule has 1 aliphatic heterocycles. The van der Waals surface area contributed by atoms with Crippen LogP contribution in [0.3, 0.4) is 0 Å². The number of ether oxygens (including phenoxy) is 1. The van der Waals surface area contributed by atoms with Crippen LogP contribution < -0.4 is 9.64 Å². The van der Waals surface area contributed by atoms with Crippen molar-refractivity contribution in [3.8, 4) is 5.75 Å². The minimum atomic E-state index is -0.214. The van der Waals surface area contributed by atoms with Gasteiger partial charge in [-0.15, -0.1) is 0 Å². The molecular weight excluding hydrogens is 319 g/mol. The minimum Gasteiger partial charge on any atom is -0.493 e. The quantitative estimate of drug-likeness (QED) is 0.836. The molecular formula is C20H23FN2O2. The molecule has 0 atom stereocenters. The molecule has 4 nitrogen and oxygen atoms in total. The number of rotatable bonds is 5. The van der Waals surface area contributed by atoms with Crippen molar-refractivity contribution in [1.82, 2.24) is 4.90 Å². The second-order valence-corrected chi connectivity index (χ2v) is 6.23. The summed E-state index contributed by atoms with van der Waals surface area (Å²) >= 11 is 0. The lowest BCUT2D eigenvalue weighted by atomic mass is 10.2. The molecule has 1 aliphatic rings. The third-order valence-corrected chi connectivity index (χ3v) is 4.43. The van der Waals surface area contributed by atoms with Crippen molar-refractivity contribution in [2.24, 2.45) is 0 Å². The van der Waals surface area contributed by atoms with Crippen LogP contribution >= 0.6 is 0 Å². The summed E-state index contributed by atoms with van der Waals surface area (Å²) < 4.78 is 19.5. The molecule has 25 heavy (non-hydrogen) atoms. The average molecular weight is 342 g/mol. The number of amides is 1. The Morgan fingerprint density at radius 3 is 2.40 bits per heavy atom. The number of anilines is 1. The van der Waals surface area contributed by atoms with Gasteiger partial charge in [-0.2, -0.15) is 0 Å². The Morgan fingerprint density at radius 1 is 1.04 bits per heavy atom. The lowest BCUT2D eigenvalue weighted by Crippen LogP contribution is -2.49. The molecule has 0 aliphatic carbocycles. The summed E-state index contributed by atoms with van der Waals surface area (Å²) in [6.07, 6.45) is 0.355. The molecule has 3 rings (SSSR count). The summed E-state index contributed by atoms with van der Waals surface area (Å²) in [6.45, 7) is 4.90. The zero-order chi connectivity index (χ0) is 17.6. The maximum Gasteiger partial charge on any atom is 0.226 e. The van der Waals surface area contributed by atoms with Gasteiger partial charge in [0.15, 0.2) is 0 Å². The predicted octanol–water partition coefficient (Wildman–Crippen LogP) is 3.25. The fraction of sp³-hybridized carbons (Fsp3) is 0.350. The molecule has 0 bridgehead atoms. The van der Waals surface area contributed by atoms with E-state index in [1.165, 1.54) is 11.6 Å². The number of nitrogens with zero attached hydrogens (tertiary/aromatic N) is 2. The van der Waals surface area contributed by atoms with Crippen LogP contribution in [-0.2, 0) is 4.79 Å². The number of halogens is 1. The number of hydrogen-bond acceptors (Lipinski definition) is 3. The zero-order valence-corrected chi connectivity index (χ0v) is 14.5. The normalized spacial score (nSPS) is 14.5. The molecule has 0 radical (unpaired) electrons. The van der Waals surface area contributed by atoms with Gasteiger partial charge in [0.2, 0.25) is 5.91 Å². The minimum absolute atomic E-state index is 0.0836. The lowest BCUT2D eigenvalue weighted by molar-refractivity contribution is -0.132. The second kappa shape index (κ2) is 8.01. The van der Waals surface area contributed by atoms with E-state index in [2.05, 4.69) is 0 Å². The summed E-state index contributed by atoms with van der Waals surface area (Å²) in [5.74, 6) is 0.650. The molecule has 0 N–H and O–H groups in total. The number of carbonyl (C=O) groups excluding carboxylic acids is 1. The van der Waals surface area contributed by atoms with Crippen molar-refractivity contribution >= 4 is 11.6 Å². The number of piperazine rings is 1. The highest BCUT2D eigenvalue weighted by molar-refractivity contribution is 5.76. The standard InChI is InChI=1S/C20H23FN2O2/c1-16-6-8-17(9-7-16)25-15-10-20(24)23-13-11-22(12-14-23)19-5-3-2-4-18(19)21/h2-9H,10-15H2,1H3. The van der Waals surface area contributed by atoms with Crippen molar-refractivity contribution in [1.29, 1.82) is 0 Å². The maximum absolute atomic E-state index is 13.8. The van der Waals surface area contributed by atoms with Gasteiger partial charge in [-0.25, -0.2) is 4.39 Å². The molecule has 0 saturated carbocycles. The first kappa shape index (κ1) is 17.3. The predicted molar refractivity (Wildman–Crippen MR) is 96.5 cm³/mol. The third-order valence-electron chi connectivity index (χ3n) is 4.43. The molecule has 0 spiro atoms. The molecule has 1 fully saturated rings. The van der Waals surface area contributed by atoms with E-state index in [0.717, 1.165) is 5.75 Å². The van der Waals surface area contributed by atoms with E-state index in [4.69, 9.17) is 4.74 Å². The third kappa shape index (κ3) is 4.50. The molecule has 1 amide bonds. The van der Waals surface area contributed by atoms with Gasteiger partial charge in [0.25, 0.3) is 0 Å². The van der Waals surface area contributed by atoms with Gasteiger partial charge >= 0.3 is 0 Å². The molecule has 2 aromatic carbocycles. The van der Waals surface area contributed by atoms with Crippen molar-refractivity contribution < 1.29 is 13.9 Å². The fourth-order valence-corrected chi connectivity index (χ4v) is 2.95. The Kier molecular flexibility index (Phi) is 5.53. The Hall–Kier alpha value is -2.56. The Bertz CT molecular complexity index is 710. The van der Waals surface area contributed by atoms with Crippen LogP contribution in [0.25, 0.3) is 0 Å². The Balaban J connectivity index is 1.44. The molecule has 0 unspecified atom stereocenters. The van der Waals surface area contributed by atoms with Gasteiger partial charge in [0, 0.05) is 26.2 Å². The second-order valence-electron chi connectivity index (χ2n) is 6.23. The zero-order valence-electron chi connectivity index (χ0n) is 14.5. The first-order chi connectivity index (χ1) is 12.1. The molecule has 2 aromatic rings. The van der Waals surface area contributed by atoms with Crippen LogP contribution in [0.5, 0.6) is 5.75 Å². The molecule has 132 valence electrons. The molecule has 5 heteroatoms. The Labute approximate surface area is 147 Å². The van der Waals surface area contributed by atoms with Crippen molar-refractivity contribution in [3.63, 3.8) is 0 Å². The van der Waals surface area contributed by atoms with Crippen LogP contribution in [0.2, 0.25) is 0 Å². The first-order valence-electron chi connectivity index (χ1n) is 8.60. The SMILES string of the molecule is Cc1ccc(OCCC(=O)N2CCN(c3ccccc3F)CC2)cc1. The molecule has 1 heterocycles. The van der Waals surface area contributed by atoms with E-state index < -0.39 is 0 Å². The van der Waals surface area contributed by atoms with E-state index in [1.807, 2.05) is 47.1 Å². The van der Waals surface area contributed by atoms with Crippen molar-refractivity contribution in [3.05, 3.63) is 59.9 Å². The fourth-order valence-electron chi connectivity index (χ4n) is 2.95. The van der Waals surface area contributed by atoms with Gasteiger partial charge in [0.1, 0.15) is 11.6 Å². The summed E-state index contributed by atoms with van der Waals surface area (Å²) in [5, 5.41) is 0. The van der Waals surface area contributed by atoms with Crippen LogP contribution in [0.15, 0.2) is 48.5 Å². The topological polar surface area (TPSA) is 32.8 Å². The number of hydrogen-bond donors (Lipinski definition) is 0. The number of carbonyl (C=O) groups is 1. The smallest absolute Gasteiger partial charge is 0.226 e. The Morgan fingerprint density at radius 2 is 1.72 bits per heavy atom. The van der Waals surface area contributed by atoms with Gasteiger partial charge in [-0.1, -0.05) is 29.8 Å². The summed E-state index contributed by atoms with van der Waals surface area (Å²) in [7, 11) is 0. The van der Waals surface area contributed by atoms with E-state index in [1.54, 1.807) is 12.1 Å². The van der Waals surface area contributed by atoms with Crippen molar-refractivity contribution in [2.45, 2.75) is 13.3 Å². The highest BCUT2D eigenvalue weighted by atomic mass is 19.1. The highest BCUT2D eigenvalue weighted by Crippen LogP contribution is 2.20. The molecule has 1 saturated heterocycles. The maximum atomic E-state index is 13.8. The summed E-state index contributed by atoms with van der Waals surface area (Å²) in [5.41, 5.74) is 1.79. The van der Waals surface area contributed by atoms with Gasteiger partial charge in [-0.05, 0) is 31.2 Å². The number of benzene rings is 2. The van der Waals surface area contributed by atoms with Gasteiger partial charge in [0.05, 0.1) is 18.7 Å². The first-order valence-corrected chi connectivity index (χ1v) is 8.60. The van der Waals surface area contributed by atoms with Gasteiger partial charge < -0.3 is 14.5 Å². The molecule has 0 aromatic heterocycles. The van der Waals surface area contributed by atoms with E-state index in [0.29, 0.717) is 44.9 Å². The lowest BCUT2D eigenvalue weighted by Gasteiger charge is -2.36. The van der Waals surface area contributed by atoms with Crippen LogP contribution in [0, 0.1) is 12.7 Å². The van der Waals surface area contributed by atoms with E-state index in [9.17, 15) is 9.18 Å². The largest absolute Gasteiger partial charge is 0.493 e.